The summed E-state index contributed by atoms with van der Waals surface area (Å²) < 4.78 is 41.0. The fraction of sp³-hybridized carbons (Fsp3) is 0.588. The minimum atomic E-state index is -3.65. The van der Waals surface area contributed by atoms with E-state index in [0.29, 0.717) is 36.8 Å². The number of nitrogens with zero attached hydrogens (tertiary/aromatic N) is 1. The number of carbonyl (C=O) groups is 1. The van der Waals surface area contributed by atoms with E-state index in [4.69, 9.17) is 14.2 Å². The highest BCUT2D eigenvalue weighted by molar-refractivity contribution is 7.92. The molecule has 26 heavy (non-hydrogen) atoms. The van der Waals surface area contributed by atoms with Crippen molar-refractivity contribution in [3.05, 3.63) is 18.2 Å². The Morgan fingerprint density at radius 2 is 1.85 bits per heavy atom. The summed E-state index contributed by atoms with van der Waals surface area (Å²) in [6.07, 6.45) is 1.84. The van der Waals surface area contributed by atoms with Crippen LogP contribution >= 0.6 is 0 Å². The average Bonchev–Trinajstić information content (AvgIpc) is 2.57. The van der Waals surface area contributed by atoms with Gasteiger partial charge in [0.05, 0.1) is 32.3 Å². The van der Waals surface area contributed by atoms with Gasteiger partial charge in [-0.05, 0) is 32.4 Å². The molecule has 0 saturated heterocycles. The number of anilines is 1. The summed E-state index contributed by atoms with van der Waals surface area (Å²) in [5, 5.41) is 2.70. The topological polar surface area (TPSA) is 94.2 Å². The largest absolute Gasteiger partial charge is 0.493 e. The van der Waals surface area contributed by atoms with Crippen LogP contribution in [0.2, 0.25) is 0 Å². The normalized spacial score (nSPS) is 11.3. The monoisotopic (exact) mass is 388 g/mol. The Balaban J connectivity index is 2.78. The first-order valence-electron chi connectivity index (χ1n) is 8.27. The number of methoxy groups -OCH3 is 2. The van der Waals surface area contributed by atoms with Gasteiger partial charge in [-0.1, -0.05) is 0 Å². The molecule has 0 aliphatic heterocycles. The van der Waals surface area contributed by atoms with Gasteiger partial charge < -0.3 is 19.5 Å². The summed E-state index contributed by atoms with van der Waals surface area (Å²) in [6, 6.07) is 4.67. The fourth-order valence-corrected chi connectivity index (χ4v) is 3.03. The van der Waals surface area contributed by atoms with Gasteiger partial charge in [0, 0.05) is 19.2 Å². The highest BCUT2D eigenvalue weighted by atomic mass is 32.2. The summed E-state index contributed by atoms with van der Waals surface area (Å²) in [5.74, 6) is 0.457. The van der Waals surface area contributed by atoms with Crippen LogP contribution < -0.4 is 19.1 Å². The van der Waals surface area contributed by atoms with Crippen LogP contribution in [0.25, 0.3) is 0 Å². The molecule has 8 nitrogen and oxygen atoms in total. The molecule has 0 bridgehead atoms. The van der Waals surface area contributed by atoms with E-state index < -0.39 is 15.9 Å². The summed E-state index contributed by atoms with van der Waals surface area (Å²) >= 11 is 0. The van der Waals surface area contributed by atoms with E-state index in [0.717, 1.165) is 10.6 Å². The number of benzene rings is 1. The van der Waals surface area contributed by atoms with E-state index in [2.05, 4.69) is 5.32 Å². The number of amides is 1. The van der Waals surface area contributed by atoms with Gasteiger partial charge in [-0.2, -0.15) is 0 Å². The first-order chi connectivity index (χ1) is 12.2. The number of rotatable bonds is 11. The summed E-state index contributed by atoms with van der Waals surface area (Å²) in [4.78, 5) is 12.1. The Bertz CT molecular complexity index is 690. The molecule has 1 rings (SSSR count). The molecule has 1 N–H and O–H groups in total. The third kappa shape index (κ3) is 7.09. The van der Waals surface area contributed by atoms with E-state index in [-0.39, 0.29) is 12.6 Å². The lowest BCUT2D eigenvalue weighted by molar-refractivity contribution is -0.119. The quantitative estimate of drug-likeness (QED) is 0.576. The Hall–Kier alpha value is -2.00. The molecule has 1 aromatic carbocycles. The van der Waals surface area contributed by atoms with E-state index >= 15 is 0 Å². The molecular weight excluding hydrogens is 360 g/mol. The first kappa shape index (κ1) is 22.0. The zero-order valence-electron chi connectivity index (χ0n) is 15.9. The first-order valence-corrected chi connectivity index (χ1v) is 10.1. The minimum absolute atomic E-state index is 0.136. The van der Waals surface area contributed by atoms with Crippen LogP contribution in [0, 0.1) is 0 Å². The van der Waals surface area contributed by atoms with Crippen LogP contribution in [-0.4, -0.2) is 60.6 Å². The predicted octanol–water partition coefficient (Wildman–Crippen LogP) is 1.40. The second kappa shape index (κ2) is 10.2. The van der Waals surface area contributed by atoms with E-state index in [1.54, 1.807) is 12.1 Å². The van der Waals surface area contributed by atoms with Gasteiger partial charge in [-0.25, -0.2) is 8.42 Å². The molecule has 1 amide bonds. The molecule has 148 valence electrons. The van der Waals surface area contributed by atoms with E-state index in [1.807, 2.05) is 13.8 Å². The lowest BCUT2D eigenvalue weighted by atomic mass is 10.2. The Morgan fingerprint density at radius 1 is 1.19 bits per heavy atom. The maximum absolute atomic E-state index is 12.1. The molecular formula is C17H28N2O6S. The van der Waals surface area contributed by atoms with Crippen LogP contribution in [0.15, 0.2) is 18.2 Å². The Kier molecular flexibility index (Phi) is 8.67. The van der Waals surface area contributed by atoms with Gasteiger partial charge in [0.25, 0.3) is 0 Å². The molecule has 0 radical (unpaired) electrons. The predicted molar refractivity (Wildman–Crippen MR) is 100 cm³/mol. The summed E-state index contributed by atoms with van der Waals surface area (Å²) in [7, 11) is -0.708. The third-order valence-corrected chi connectivity index (χ3v) is 4.58. The number of carbonyl (C=O) groups excluding carboxylic acids is 1. The van der Waals surface area contributed by atoms with Crippen molar-refractivity contribution in [3.8, 4) is 11.5 Å². The molecule has 0 unspecified atom stereocenters. The fourth-order valence-electron chi connectivity index (χ4n) is 2.19. The highest BCUT2D eigenvalue weighted by Crippen LogP contribution is 2.32. The van der Waals surface area contributed by atoms with E-state index in [9.17, 15) is 13.2 Å². The van der Waals surface area contributed by atoms with Crippen LogP contribution in [0.1, 0.15) is 20.3 Å². The van der Waals surface area contributed by atoms with Gasteiger partial charge in [0.15, 0.2) is 11.5 Å². The molecule has 0 aromatic heterocycles. The molecule has 0 atom stereocenters. The lowest BCUT2D eigenvalue weighted by Gasteiger charge is -2.23. The maximum Gasteiger partial charge on any atom is 0.240 e. The van der Waals surface area contributed by atoms with Crippen molar-refractivity contribution in [2.75, 3.05) is 44.5 Å². The van der Waals surface area contributed by atoms with Crippen LogP contribution in [0.3, 0.4) is 0 Å². The number of sulfonamides is 1. The Morgan fingerprint density at radius 3 is 2.38 bits per heavy atom. The van der Waals surface area contributed by atoms with E-state index in [1.165, 1.54) is 20.3 Å². The zero-order valence-corrected chi connectivity index (χ0v) is 16.8. The third-order valence-electron chi connectivity index (χ3n) is 3.44. The molecule has 0 aliphatic carbocycles. The molecule has 0 heterocycles. The standard InChI is InChI=1S/C17H28N2O6S/c1-13(2)25-10-6-9-18-17(20)12-19(26(5,21)22)14-7-8-15(23-3)16(11-14)24-4/h7-8,11,13H,6,9-10,12H2,1-5H3,(H,18,20). The second-order valence-corrected chi connectivity index (χ2v) is 7.84. The molecule has 1 aromatic rings. The maximum atomic E-state index is 12.1. The van der Waals surface area contributed by atoms with Crippen molar-refractivity contribution in [3.63, 3.8) is 0 Å². The second-order valence-electron chi connectivity index (χ2n) is 5.93. The van der Waals surface area contributed by atoms with Gasteiger partial charge in [-0.15, -0.1) is 0 Å². The van der Waals surface area contributed by atoms with Crippen molar-refractivity contribution < 1.29 is 27.4 Å². The van der Waals surface area contributed by atoms with Crippen molar-refractivity contribution in [1.29, 1.82) is 0 Å². The smallest absolute Gasteiger partial charge is 0.240 e. The number of hydrogen-bond acceptors (Lipinski definition) is 6. The number of nitrogens with one attached hydrogen (secondary N) is 1. The van der Waals surface area contributed by atoms with Crippen molar-refractivity contribution >= 4 is 21.6 Å². The zero-order chi connectivity index (χ0) is 19.7. The summed E-state index contributed by atoms with van der Waals surface area (Å²) in [6.45, 7) is 4.50. The van der Waals surface area contributed by atoms with Gasteiger partial charge in [0.1, 0.15) is 6.54 Å². The molecule has 0 fully saturated rings. The molecule has 0 spiro atoms. The minimum Gasteiger partial charge on any atom is -0.493 e. The molecule has 9 heteroatoms. The average molecular weight is 388 g/mol. The lowest BCUT2D eigenvalue weighted by Crippen LogP contribution is -2.40. The van der Waals surface area contributed by atoms with Gasteiger partial charge >= 0.3 is 0 Å². The van der Waals surface area contributed by atoms with Crippen LogP contribution in [0.5, 0.6) is 11.5 Å². The SMILES string of the molecule is COc1ccc(N(CC(=O)NCCCOC(C)C)S(C)(=O)=O)cc1OC. The van der Waals surface area contributed by atoms with Gasteiger partial charge in [-0.3, -0.25) is 9.10 Å². The molecule has 0 saturated carbocycles. The number of hydrogen-bond donors (Lipinski definition) is 1. The Labute approximate surface area is 155 Å². The molecule has 0 aliphatic rings. The van der Waals surface area contributed by atoms with Crippen molar-refractivity contribution in [2.45, 2.75) is 26.4 Å². The number of ether oxygens (including phenoxy) is 3. The van der Waals surface area contributed by atoms with Crippen molar-refractivity contribution in [1.82, 2.24) is 5.32 Å². The van der Waals surface area contributed by atoms with Crippen molar-refractivity contribution in [2.24, 2.45) is 0 Å². The van der Waals surface area contributed by atoms with Gasteiger partial charge in [0.2, 0.25) is 15.9 Å². The summed E-state index contributed by atoms with van der Waals surface area (Å²) in [5.41, 5.74) is 0.323. The van der Waals surface area contributed by atoms with Crippen LogP contribution in [0.4, 0.5) is 5.69 Å². The highest BCUT2D eigenvalue weighted by Gasteiger charge is 2.22. The van der Waals surface area contributed by atoms with Crippen LogP contribution in [-0.2, 0) is 19.6 Å².